The van der Waals surface area contributed by atoms with Crippen LogP contribution in [0.5, 0.6) is 11.5 Å². The van der Waals surface area contributed by atoms with Gasteiger partial charge >= 0.3 is 0 Å². The molecule has 1 aliphatic rings. The molecule has 1 aliphatic heterocycles. The third-order valence-corrected chi connectivity index (χ3v) is 4.88. The largest absolute Gasteiger partial charge is 0.454 e. The van der Waals surface area contributed by atoms with Crippen molar-refractivity contribution in [3.63, 3.8) is 0 Å². The van der Waals surface area contributed by atoms with Crippen LogP contribution in [0.25, 0.3) is 11.3 Å². The highest BCUT2D eigenvalue weighted by Gasteiger charge is 2.19. The first-order valence-electron chi connectivity index (χ1n) is 8.18. The number of thiazole rings is 1. The highest BCUT2D eigenvalue weighted by molar-refractivity contribution is 7.14. The minimum Gasteiger partial charge on any atom is -0.454 e. The molecule has 0 saturated carbocycles. The van der Waals surface area contributed by atoms with E-state index in [1.54, 1.807) is 18.5 Å². The molecule has 3 aromatic rings. The maximum absolute atomic E-state index is 12.6. The number of nitro benzene ring substituents is 1. The fourth-order valence-electron chi connectivity index (χ4n) is 2.74. The smallest absolute Gasteiger partial charge is 0.270 e. The van der Waals surface area contributed by atoms with E-state index in [0.717, 1.165) is 5.56 Å². The van der Waals surface area contributed by atoms with Gasteiger partial charge in [-0.2, -0.15) is 0 Å². The Morgan fingerprint density at radius 3 is 2.82 bits per heavy atom. The number of hydrogen-bond acceptors (Lipinski definition) is 8. The van der Waals surface area contributed by atoms with Crippen molar-refractivity contribution in [1.29, 1.82) is 0 Å². The third-order valence-electron chi connectivity index (χ3n) is 4.12. The van der Waals surface area contributed by atoms with Crippen molar-refractivity contribution in [2.24, 2.45) is 0 Å². The summed E-state index contributed by atoms with van der Waals surface area (Å²) in [6, 6.07) is 9.54. The predicted molar refractivity (Wildman–Crippen MR) is 104 cm³/mol. The highest BCUT2D eigenvalue weighted by atomic mass is 32.1. The zero-order valence-corrected chi connectivity index (χ0v) is 15.4. The van der Waals surface area contributed by atoms with Crippen LogP contribution in [-0.2, 0) is 0 Å². The number of amides is 1. The molecule has 0 saturated heterocycles. The van der Waals surface area contributed by atoms with E-state index < -0.39 is 10.8 Å². The maximum atomic E-state index is 12.6. The van der Waals surface area contributed by atoms with Gasteiger partial charge in [0, 0.05) is 35.8 Å². The fraction of sp³-hybridized carbons (Fsp3) is 0.111. The minimum atomic E-state index is -0.544. The lowest BCUT2D eigenvalue weighted by atomic mass is 10.1. The molecule has 2 N–H and O–H groups in total. The molecule has 0 aliphatic carbocycles. The number of nitro groups is 1. The monoisotopic (exact) mass is 398 g/mol. The number of carbonyl (C=O) groups is 1. The van der Waals surface area contributed by atoms with Crippen LogP contribution in [0.3, 0.4) is 0 Å². The van der Waals surface area contributed by atoms with Crippen LogP contribution in [0.15, 0.2) is 41.8 Å². The first-order chi connectivity index (χ1) is 13.5. The van der Waals surface area contributed by atoms with Crippen molar-refractivity contribution in [3.05, 3.63) is 57.5 Å². The number of nitrogens with one attached hydrogen (secondary N) is 2. The van der Waals surface area contributed by atoms with E-state index in [1.807, 2.05) is 12.1 Å². The molecule has 142 valence electrons. The number of non-ortho nitro benzene ring substituents is 1. The van der Waals surface area contributed by atoms with Gasteiger partial charge in [-0.05, 0) is 24.3 Å². The summed E-state index contributed by atoms with van der Waals surface area (Å²) in [5.41, 5.74) is 1.98. The molecule has 1 amide bonds. The standard InChI is InChI=1S/C18H14N4O5S/c1-19-13-4-3-11(22(24)25)7-12(13)17(23)21-18-20-14(8-28-18)10-2-5-15-16(6-10)27-9-26-15/h2-8,19H,9H2,1H3,(H,20,21,23). The second-order valence-electron chi connectivity index (χ2n) is 5.80. The van der Waals surface area contributed by atoms with E-state index in [1.165, 1.54) is 29.5 Å². The summed E-state index contributed by atoms with van der Waals surface area (Å²) < 4.78 is 10.7. The van der Waals surface area contributed by atoms with Crippen molar-refractivity contribution < 1.29 is 19.2 Å². The lowest BCUT2D eigenvalue weighted by Gasteiger charge is -2.08. The number of nitrogens with zero attached hydrogens (tertiary/aromatic N) is 2. The normalized spacial score (nSPS) is 11.9. The average Bonchev–Trinajstić information content (AvgIpc) is 3.35. The summed E-state index contributed by atoms with van der Waals surface area (Å²) >= 11 is 1.26. The van der Waals surface area contributed by atoms with Gasteiger partial charge in [0.25, 0.3) is 11.6 Å². The van der Waals surface area contributed by atoms with E-state index in [9.17, 15) is 14.9 Å². The van der Waals surface area contributed by atoms with Crippen LogP contribution < -0.4 is 20.1 Å². The average molecular weight is 398 g/mol. The summed E-state index contributed by atoms with van der Waals surface area (Å²) in [5.74, 6) is 0.837. The van der Waals surface area contributed by atoms with Gasteiger partial charge in [0.2, 0.25) is 6.79 Å². The second kappa shape index (κ2) is 7.16. The van der Waals surface area contributed by atoms with Crippen molar-refractivity contribution in [3.8, 4) is 22.8 Å². The molecule has 2 aromatic carbocycles. The Labute approximate surface area is 163 Å². The molecule has 0 unspecified atom stereocenters. The molecule has 4 rings (SSSR count). The third kappa shape index (κ3) is 3.32. The van der Waals surface area contributed by atoms with Gasteiger partial charge in [0.05, 0.1) is 16.2 Å². The lowest BCUT2D eigenvalue weighted by Crippen LogP contribution is -2.14. The number of aromatic nitrogens is 1. The van der Waals surface area contributed by atoms with Crippen molar-refractivity contribution in [2.45, 2.75) is 0 Å². The number of hydrogen-bond donors (Lipinski definition) is 2. The summed E-state index contributed by atoms with van der Waals surface area (Å²) in [6.45, 7) is 0.189. The Hall–Kier alpha value is -3.66. The topological polar surface area (TPSA) is 116 Å². The fourth-order valence-corrected chi connectivity index (χ4v) is 3.45. The van der Waals surface area contributed by atoms with Crippen molar-refractivity contribution in [1.82, 2.24) is 4.98 Å². The molecular formula is C18H14N4O5S. The molecule has 0 radical (unpaired) electrons. The molecule has 10 heteroatoms. The van der Waals surface area contributed by atoms with E-state index in [0.29, 0.717) is 28.0 Å². The molecule has 0 fully saturated rings. The Balaban J connectivity index is 1.56. The number of benzene rings is 2. The molecule has 1 aromatic heterocycles. The van der Waals surface area contributed by atoms with Crippen LogP contribution in [0.1, 0.15) is 10.4 Å². The van der Waals surface area contributed by atoms with Gasteiger partial charge in [-0.1, -0.05) is 0 Å². The summed E-state index contributed by atoms with van der Waals surface area (Å²) in [7, 11) is 1.64. The molecular weight excluding hydrogens is 384 g/mol. The Morgan fingerprint density at radius 2 is 2.04 bits per heavy atom. The number of carbonyl (C=O) groups excluding carboxylic acids is 1. The second-order valence-corrected chi connectivity index (χ2v) is 6.66. The van der Waals surface area contributed by atoms with Gasteiger partial charge in [-0.3, -0.25) is 20.2 Å². The summed E-state index contributed by atoms with van der Waals surface area (Å²) in [5, 5.41) is 18.7. The van der Waals surface area contributed by atoms with Gasteiger partial charge in [0.15, 0.2) is 16.6 Å². The quantitative estimate of drug-likeness (QED) is 0.497. The Kier molecular flexibility index (Phi) is 4.53. The molecule has 0 bridgehead atoms. The van der Waals surface area contributed by atoms with Gasteiger partial charge in [-0.25, -0.2) is 4.98 Å². The van der Waals surface area contributed by atoms with E-state index in [-0.39, 0.29) is 18.0 Å². The highest BCUT2D eigenvalue weighted by Crippen LogP contribution is 2.36. The van der Waals surface area contributed by atoms with Crippen LogP contribution >= 0.6 is 11.3 Å². The molecule has 2 heterocycles. The molecule has 0 atom stereocenters. The SMILES string of the molecule is CNc1ccc([N+](=O)[O-])cc1C(=O)Nc1nc(-c2ccc3c(c2)OCO3)cs1. The van der Waals surface area contributed by atoms with Crippen LogP contribution in [0.2, 0.25) is 0 Å². The van der Waals surface area contributed by atoms with Crippen LogP contribution in [-0.4, -0.2) is 29.7 Å². The van der Waals surface area contributed by atoms with Gasteiger partial charge in [-0.15, -0.1) is 11.3 Å². The summed E-state index contributed by atoms with van der Waals surface area (Å²) in [4.78, 5) is 27.5. The van der Waals surface area contributed by atoms with Gasteiger partial charge in [0.1, 0.15) is 0 Å². The first kappa shape index (κ1) is 17.7. The zero-order valence-electron chi connectivity index (χ0n) is 14.6. The number of anilines is 2. The Bertz CT molecular complexity index is 1080. The first-order valence-corrected chi connectivity index (χ1v) is 9.06. The minimum absolute atomic E-state index is 0.163. The Morgan fingerprint density at radius 1 is 1.21 bits per heavy atom. The molecule has 28 heavy (non-hydrogen) atoms. The van der Waals surface area contributed by atoms with Crippen LogP contribution in [0, 0.1) is 10.1 Å². The molecule has 9 nitrogen and oxygen atoms in total. The van der Waals surface area contributed by atoms with Crippen molar-refractivity contribution in [2.75, 3.05) is 24.5 Å². The van der Waals surface area contributed by atoms with Crippen molar-refractivity contribution >= 4 is 33.8 Å². The molecule has 0 spiro atoms. The van der Waals surface area contributed by atoms with E-state index in [4.69, 9.17) is 9.47 Å². The van der Waals surface area contributed by atoms with E-state index >= 15 is 0 Å². The maximum Gasteiger partial charge on any atom is 0.270 e. The zero-order chi connectivity index (χ0) is 19.7. The van der Waals surface area contributed by atoms with Crippen LogP contribution in [0.4, 0.5) is 16.5 Å². The van der Waals surface area contributed by atoms with E-state index in [2.05, 4.69) is 15.6 Å². The van der Waals surface area contributed by atoms with Gasteiger partial charge < -0.3 is 14.8 Å². The summed E-state index contributed by atoms with van der Waals surface area (Å²) in [6.07, 6.45) is 0. The lowest BCUT2D eigenvalue weighted by molar-refractivity contribution is -0.384. The number of fused-ring (bicyclic) bond motifs is 1. The predicted octanol–water partition coefficient (Wildman–Crippen LogP) is 3.74. The number of rotatable bonds is 5. The number of ether oxygens (including phenoxy) is 2.